The smallest absolute Gasteiger partial charge is 0.256 e. The van der Waals surface area contributed by atoms with Gasteiger partial charge in [0.25, 0.3) is 5.91 Å². The molecule has 2 aromatic carbocycles. The minimum absolute atomic E-state index is 0.0975. The zero-order chi connectivity index (χ0) is 17.2. The number of fused-ring (bicyclic) bond motifs is 1. The van der Waals surface area contributed by atoms with Crippen LogP contribution in [0.2, 0.25) is 0 Å². The Bertz CT molecular complexity index is 888. The molecule has 0 aliphatic carbocycles. The molecule has 0 atom stereocenters. The Balaban J connectivity index is 1.51. The van der Waals surface area contributed by atoms with Crippen molar-refractivity contribution in [3.63, 3.8) is 0 Å². The summed E-state index contributed by atoms with van der Waals surface area (Å²) in [5, 5.41) is 9.47. The van der Waals surface area contributed by atoms with E-state index in [1.165, 1.54) is 0 Å². The van der Waals surface area contributed by atoms with Crippen LogP contribution in [-0.4, -0.2) is 40.7 Å². The number of rotatable bonds is 3. The fraction of sp³-hybridized carbons (Fsp3) is 0.300. The molecule has 1 fully saturated rings. The van der Waals surface area contributed by atoms with E-state index in [2.05, 4.69) is 22.4 Å². The van der Waals surface area contributed by atoms with Crippen molar-refractivity contribution < 1.29 is 4.79 Å². The molecule has 1 aliphatic heterocycles. The van der Waals surface area contributed by atoms with Crippen LogP contribution in [-0.2, 0) is 0 Å². The second-order valence-electron chi connectivity index (χ2n) is 6.72. The van der Waals surface area contributed by atoms with Gasteiger partial charge in [-0.25, -0.2) is 0 Å². The summed E-state index contributed by atoms with van der Waals surface area (Å²) in [7, 11) is 2.15. The minimum Gasteiger partial charge on any atom is -0.319 e. The van der Waals surface area contributed by atoms with Gasteiger partial charge >= 0.3 is 0 Å². The van der Waals surface area contributed by atoms with Crippen LogP contribution in [0.1, 0.15) is 29.2 Å². The molecule has 25 heavy (non-hydrogen) atoms. The van der Waals surface area contributed by atoms with Crippen molar-refractivity contribution in [1.29, 1.82) is 0 Å². The Morgan fingerprint density at radius 2 is 1.88 bits per heavy atom. The average Bonchev–Trinajstić information content (AvgIpc) is 3.10. The van der Waals surface area contributed by atoms with Gasteiger partial charge in [0.2, 0.25) is 0 Å². The number of carbonyl (C=O) groups is 1. The Hall–Kier alpha value is -2.66. The van der Waals surface area contributed by atoms with Crippen molar-refractivity contribution in [2.75, 3.05) is 25.5 Å². The summed E-state index contributed by atoms with van der Waals surface area (Å²) in [6.07, 6.45) is 5.87. The molecule has 4 rings (SSSR count). The Morgan fingerprint density at radius 3 is 2.72 bits per heavy atom. The summed E-state index contributed by atoms with van der Waals surface area (Å²) in [5.41, 5.74) is 1.43. The van der Waals surface area contributed by atoms with E-state index in [9.17, 15) is 4.79 Å². The highest BCUT2D eigenvalue weighted by Crippen LogP contribution is 2.23. The highest BCUT2D eigenvalue weighted by Gasteiger charge is 2.19. The lowest BCUT2D eigenvalue weighted by Crippen LogP contribution is -2.31. The average molecular weight is 334 g/mol. The number of likely N-dealkylation sites (tertiary alicyclic amines) is 1. The van der Waals surface area contributed by atoms with Crippen LogP contribution in [0.4, 0.5) is 5.69 Å². The second kappa shape index (κ2) is 6.69. The molecule has 1 aromatic heterocycles. The fourth-order valence-corrected chi connectivity index (χ4v) is 3.48. The minimum atomic E-state index is -0.0975. The zero-order valence-corrected chi connectivity index (χ0v) is 14.4. The van der Waals surface area contributed by atoms with Gasteiger partial charge in [0, 0.05) is 11.8 Å². The second-order valence-corrected chi connectivity index (χ2v) is 6.72. The van der Waals surface area contributed by atoms with Gasteiger partial charge in [-0.1, -0.05) is 36.4 Å². The van der Waals surface area contributed by atoms with Crippen molar-refractivity contribution in [2.24, 2.45) is 0 Å². The maximum absolute atomic E-state index is 12.7. The van der Waals surface area contributed by atoms with Crippen molar-refractivity contribution in [3.05, 3.63) is 60.4 Å². The van der Waals surface area contributed by atoms with E-state index in [4.69, 9.17) is 0 Å². The number of nitrogens with zero attached hydrogens (tertiary/aromatic N) is 3. The van der Waals surface area contributed by atoms with Gasteiger partial charge in [0.1, 0.15) is 0 Å². The number of hydrogen-bond acceptors (Lipinski definition) is 3. The highest BCUT2D eigenvalue weighted by atomic mass is 16.1. The molecule has 1 saturated heterocycles. The lowest BCUT2D eigenvalue weighted by Gasteiger charge is -2.28. The topological polar surface area (TPSA) is 50.2 Å². The first-order chi connectivity index (χ1) is 12.2. The van der Waals surface area contributed by atoms with Gasteiger partial charge in [-0.15, -0.1) is 0 Å². The Morgan fingerprint density at radius 1 is 1.12 bits per heavy atom. The van der Waals surface area contributed by atoms with E-state index in [0.29, 0.717) is 11.6 Å². The van der Waals surface area contributed by atoms with Crippen LogP contribution in [0.3, 0.4) is 0 Å². The van der Waals surface area contributed by atoms with Gasteiger partial charge in [-0.05, 0) is 49.8 Å². The molecule has 128 valence electrons. The van der Waals surface area contributed by atoms with Crippen LogP contribution in [0, 0.1) is 0 Å². The van der Waals surface area contributed by atoms with E-state index >= 15 is 0 Å². The monoisotopic (exact) mass is 334 g/mol. The van der Waals surface area contributed by atoms with Crippen molar-refractivity contribution in [2.45, 2.75) is 18.9 Å². The quantitative estimate of drug-likeness (QED) is 0.797. The van der Waals surface area contributed by atoms with E-state index in [0.717, 1.165) is 42.4 Å². The van der Waals surface area contributed by atoms with Crippen LogP contribution >= 0.6 is 0 Å². The molecule has 5 heteroatoms. The number of carbonyl (C=O) groups excluding carboxylic acids is 1. The van der Waals surface area contributed by atoms with Gasteiger partial charge in [0.15, 0.2) is 0 Å². The standard InChI is InChI=1S/C20H22N4O/c1-23-11-9-17(10-12-23)24-14-16(13-21-24)22-20(25)19-8-4-6-15-5-2-3-7-18(15)19/h2-8,13-14,17H,9-12H2,1H3,(H,22,25). The highest BCUT2D eigenvalue weighted by molar-refractivity contribution is 6.12. The summed E-state index contributed by atoms with van der Waals surface area (Å²) >= 11 is 0. The maximum atomic E-state index is 12.7. The molecule has 0 bridgehead atoms. The summed E-state index contributed by atoms with van der Waals surface area (Å²) in [6.45, 7) is 2.17. The maximum Gasteiger partial charge on any atom is 0.256 e. The molecule has 0 radical (unpaired) electrons. The number of nitrogens with one attached hydrogen (secondary N) is 1. The number of piperidine rings is 1. The number of amides is 1. The summed E-state index contributed by atoms with van der Waals surface area (Å²) in [5.74, 6) is -0.0975. The number of hydrogen-bond donors (Lipinski definition) is 1. The third-order valence-corrected chi connectivity index (χ3v) is 4.96. The van der Waals surface area contributed by atoms with Crippen LogP contribution in [0.5, 0.6) is 0 Å². The molecule has 0 spiro atoms. The van der Waals surface area contributed by atoms with Crippen LogP contribution in [0.15, 0.2) is 54.9 Å². The summed E-state index contributed by atoms with van der Waals surface area (Å²) < 4.78 is 1.99. The molecule has 1 aliphatic rings. The van der Waals surface area contributed by atoms with Gasteiger partial charge in [-0.2, -0.15) is 5.10 Å². The van der Waals surface area contributed by atoms with E-state index < -0.39 is 0 Å². The van der Waals surface area contributed by atoms with Gasteiger partial charge in [-0.3, -0.25) is 9.48 Å². The number of benzene rings is 2. The molecule has 3 aromatic rings. The molecule has 5 nitrogen and oxygen atoms in total. The molecule has 2 heterocycles. The zero-order valence-electron chi connectivity index (χ0n) is 14.4. The Kier molecular flexibility index (Phi) is 4.24. The van der Waals surface area contributed by atoms with E-state index in [1.807, 2.05) is 53.3 Å². The third-order valence-electron chi connectivity index (χ3n) is 4.96. The summed E-state index contributed by atoms with van der Waals surface area (Å²) in [4.78, 5) is 15.0. The molecule has 1 N–H and O–H groups in total. The molecular formula is C20H22N4O. The molecule has 1 amide bonds. The first-order valence-electron chi connectivity index (χ1n) is 8.72. The number of aromatic nitrogens is 2. The first-order valence-corrected chi connectivity index (χ1v) is 8.72. The van der Waals surface area contributed by atoms with Gasteiger partial charge < -0.3 is 10.2 Å². The molecule has 0 saturated carbocycles. The molecule has 0 unspecified atom stereocenters. The van der Waals surface area contributed by atoms with E-state index in [-0.39, 0.29) is 5.91 Å². The largest absolute Gasteiger partial charge is 0.319 e. The van der Waals surface area contributed by atoms with Crippen LogP contribution in [0.25, 0.3) is 10.8 Å². The van der Waals surface area contributed by atoms with Crippen LogP contribution < -0.4 is 5.32 Å². The van der Waals surface area contributed by atoms with Crippen molar-refractivity contribution in [3.8, 4) is 0 Å². The number of anilines is 1. The predicted molar refractivity (Wildman–Crippen MR) is 99.9 cm³/mol. The normalized spacial score (nSPS) is 16.2. The fourth-order valence-electron chi connectivity index (χ4n) is 3.48. The van der Waals surface area contributed by atoms with E-state index in [1.54, 1.807) is 6.20 Å². The first kappa shape index (κ1) is 15.8. The van der Waals surface area contributed by atoms with Crippen molar-refractivity contribution >= 4 is 22.4 Å². The van der Waals surface area contributed by atoms with Gasteiger partial charge in [0.05, 0.1) is 17.9 Å². The lowest BCUT2D eigenvalue weighted by atomic mass is 10.0. The van der Waals surface area contributed by atoms with Crippen molar-refractivity contribution in [1.82, 2.24) is 14.7 Å². The third kappa shape index (κ3) is 3.28. The lowest BCUT2D eigenvalue weighted by molar-refractivity contribution is 0.102. The molecular weight excluding hydrogens is 312 g/mol. The summed E-state index contributed by atoms with van der Waals surface area (Å²) in [6, 6.07) is 14.1. The predicted octanol–water partition coefficient (Wildman–Crippen LogP) is 3.56. The SMILES string of the molecule is CN1CCC(n2cc(NC(=O)c3cccc4ccccc34)cn2)CC1. The Labute approximate surface area is 147 Å².